The number of aliphatic hydroxyl groups excluding tert-OH is 1. The molecule has 0 radical (unpaired) electrons. The summed E-state index contributed by atoms with van der Waals surface area (Å²) in [6.45, 7) is 3.57. The normalized spacial score (nSPS) is 14.0. The van der Waals surface area contributed by atoms with Crippen molar-refractivity contribution < 1.29 is 5.11 Å². The zero-order valence-corrected chi connectivity index (χ0v) is 9.51. The molecular formula is C13H16N2O. The number of nitrogens with two attached hydrogens (primary N) is 1. The maximum absolute atomic E-state index is 10.0. The smallest absolute Gasteiger partial charge is 0.113 e. The van der Waals surface area contributed by atoms with Gasteiger partial charge in [-0.3, -0.25) is 0 Å². The lowest BCUT2D eigenvalue weighted by Gasteiger charge is -2.25. The first kappa shape index (κ1) is 11.0. The van der Waals surface area contributed by atoms with Crippen LogP contribution in [0, 0.1) is 0 Å². The molecule has 3 nitrogen and oxygen atoms in total. The quantitative estimate of drug-likeness (QED) is 0.807. The van der Waals surface area contributed by atoms with Crippen molar-refractivity contribution in [3.8, 4) is 0 Å². The second-order valence-corrected chi connectivity index (χ2v) is 4.65. The number of para-hydroxylation sites is 1. The third-order valence-corrected chi connectivity index (χ3v) is 2.60. The summed E-state index contributed by atoms with van der Waals surface area (Å²) in [4.78, 5) is 4.41. The molecule has 0 spiro atoms. The highest BCUT2D eigenvalue weighted by molar-refractivity contribution is 5.78. The first-order chi connectivity index (χ1) is 7.48. The fraction of sp³-hybridized carbons (Fsp3) is 0.308. The molecule has 84 valence electrons. The number of benzene rings is 1. The predicted octanol–water partition coefficient (Wildman–Crippen LogP) is 2.01. The Morgan fingerprint density at radius 3 is 2.56 bits per heavy atom. The summed E-state index contributed by atoms with van der Waals surface area (Å²) in [5.41, 5.74) is 6.67. The highest BCUT2D eigenvalue weighted by Crippen LogP contribution is 2.23. The van der Waals surface area contributed by atoms with Crippen LogP contribution in [-0.2, 0) is 0 Å². The molecule has 3 heteroatoms. The number of pyridine rings is 1. The lowest BCUT2D eigenvalue weighted by Crippen LogP contribution is -2.39. The van der Waals surface area contributed by atoms with Crippen LogP contribution in [0.4, 0.5) is 0 Å². The van der Waals surface area contributed by atoms with E-state index in [0.717, 1.165) is 10.9 Å². The van der Waals surface area contributed by atoms with E-state index in [1.54, 1.807) is 13.8 Å². The predicted molar refractivity (Wildman–Crippen MR) is 65.0 cm³/mol. The van der Waals surface area contributed by atoms with Gasteiger partial charge in [0.15, 0.2) is 0 Å². The average Bonchev–Trinajstić information content (AvgIpc) is 2.26. The van der Waals surface area contributed by atoms with Gasteiger partial charge in [-0.05, 0) is 26.0 Å². The van der Waals surface area contributed by atoms with Gasteiger partial charge >= 0.3 is 0 Å². The highest BCUT2D eigenvalue weighted by atomic mass is 16.3. The van der Waals surface area contributed by atoms with Crippen LogP contribution in [0.5, 0.6) is 0 Å². The number of fused-ring (bicyclic) bond motifs is 1. The third-order valence-electron chi connectivity index (χ3n) is 2.60. The van der Waals surface area contributed by atoms with Crippen LogP contribution in [0.3, 0.4) is 0 Å². The maximum atomic E-state index is 10.0. The van der Waals surface area contributed by atoms with Gasteiger partial charge in [-0.25, -0.2) is 4.98 Å². The van der Waals surface area contributed by atoms with Crippen molar-refractivity contribution >= 4 is 10.9 Å². The molecule has 1 aromatic heterocycles. The molecule has 0 aliphatic rings. The minimum atomic E-state index is -0.753. The van der Waals surface area contributed by atoms with Crippen molar-refractivity contribution in [1.29, 1.82) is 0 Å². The van der Waals surface area contributed by atoms with E-state index in [0.29, 0.717) is 5.69 Å². The maximum Gasteiger partial charge on any atom is 0.113 e. The summed E-state index contributed by atoms with van der Waals surface area (Å²) in [5, 5.41) is 11.1. The second kappa shape index (κ2) is 3.85. The average molecular weight is 216 g/mol. The van der Waals surface area contributed by atoms with Crippen LogP contribution in [0.25, 0.3) is 10.9 Å². The largest absolute Gasteiger partial charge is 0.385 e. The number of aliphatic hydroxyl groups is 1. The molecule has 1 aromatic carbocycles. The molecule has 0 saturated carbocycles. The summed E-state index contributed by atoms with van der Waals surface area (Å²) < 4.78 is 0. The Morgan fingerprint density at radius 2 is 1.88 bits per heavy atom. The number of rotatable bonds is 2. The zero-order valence-electron chi connectivity index (χ0n) is 9.51. The van der Waals surface area contributed by atoms with Crippen molar-refractivity contribution in [1.82, 2.24) is 4.98 Å². The molecule has 1 unspecified atom stereocenters. The molecule has 2 aromatic rings. The van der Waals surface area contributed by atoms with Gasteiger partial charge in [-0.15, -0.1) is 0 Å². The van der Waals surface area contributed by atoms with E-state index in [2.05, 4.69) is 4.98 Å². The second-order valence-electron chi connectivity index (χ2n) is 4.65. The fourth-order valence-electron chi connectivity index (χ4n) is 1.62. The monoisotopic (exact) mass is 216 g/mol. The van der Waals surface area contributed by atoms with E-state index >= 15 is 0 Å². The van der Waals surface area contributed by atoms with Crippen molar-refractivity contribution in [2.45, 2.75) is 25.5 Å². The molecule has 1 heterocycles. The van der Waals surface area contributed by atoms with Gasteiger partial charge in [-0.2, -0.15) is 0 Å². The van der Waals surface area contributed by atoms with Crippen molar-refractivity contribution in [3.05, 3.63) is 42.1 Å². The Hall–Kier alpha value is -1.45. The summed E-state index contributed by atoms with van der Waals surface area (Å²) in [5.74, 6) is 0. The zero-order chi connectivity index (χ0) is 11.8. The Balaban J connectivity index is 2.47. The first-order valence-electron chi connectivity index (χ1n) is 5.31. The molecule has 2 rings (SSSR count). The summed E-state index contributed by atoms with van der Waals surface area (Å²) in [7, 11) is 0. The molecular weight excluding hydrogens is 200 g/mol. The highest BCUT2D eigenvalue weighted by Gasteiger charge is 2.25. The Morgan fingerprint density at radius 1 is 1.19 bits per heavy atom. The molecule has 0 bridgehead atoms. The van der Waals surface area contributed by atoms with Gasteiger partial charge in [0, 0.05) is 10.9 Å². The number of aromatic nitrogens is 1. The van der Waals surface area contributed by atoms with E-state index in [1.807, 2.05) is 36.4 Å². The summed E-state index contributed by atoms with van der Waals surface area (Å²) in [6, 6.07) is 11.6. The van der Waals surface area contributed by atoms with Gasteiger partial charge in [0.1, 0.15) is 6.10 Å². The van der Waals surface area contributed by atoms with Gasteiger partial charge in [0.05, 0.1) is 11.2 Å². The number of nitrogens with zero attached hydrogens (tertiary/aromatic N) is 1. The van der Waals surface area contributed by atoms with Gasteiger partial charge < -0.3 is 10.8 Å². The van der Waals surface area contributed by atoms with Crippen LogP contribution >= 0.6 is 0 Å². The summed E-state index contributed by atoms with van der Waals surface area (Å²) in [6.07, 6.45) is -0.753. The molecule has 3 N–H and O–H groups in total. The minimum absolute atomic E-state index is 0.617. The Kier molecular flexibility index (Phi) is 2.66. The lowest BCUT2D eigenvalue weighted by molar-refractivity contribution is 0.101. The van der Waals surface area contributed by atoms with Crippen LogP contribution in [-0.4, -0.2) is 15.6 Å². The van der Waals surface area contributed by atoms with Crippen LogP contribution in [0.2, 0.25) is 0 Å². The molecule has 0 fully saturated rings. The van der Waals surface area contributed by atoms with E-state index in [1.165, 1.54) is 0 Å². The van der Waals surface area contributed by atoms with Gasteiger partial charge in [0.25, 0.3) is 0 Å². The fourth-order valence-corrected chi connectivity index (χ4v) is 1.62. The standard InChI is InChI=1S/C13H16N2O/c1-13(2,14)12(16)11-8-7-9-5-3-4-6-10(9)15-11/h3-8,12,16H,14H2,1-2H3. The van der Waals surface area contributed by atoms with E-state index in [4.69, 9.17) is 5.73 Å². The Bertz CT molecular complexity index is 503. The van der Waals surface area contributed by atoms with Crippen molar-refractivity contribution in [3.63, 3.8) is 0 Å². The molecule has 16 heavy (non-hydrogen) atoms. The van der Waals surface area contributed by atoms with Crippen LogP contribution in [0.1, 0.15) is 25.6 Å². The molecule has 0 aliphatic heterocycles. The van der Waals surface area contributed by atoms with Crippen molar-refractivity contribution in [2.24, 2.45) is 5.73 Å². The molecule has 0 saturated heterocycles. The third kappa shape index (κ3) is 2.05. The van der Waals surface area contributed by atoms with E-state index < -0.39 is 11.6 Å². The minimum Gasteiger partial charge on any atom is -0.385 e. The van der Waals surface area contributed by atoms with Gasteiger partial charge in [-0.1, -0.05) is 24.3 Å². The number of hydrogen-bond donors (Lipinski definition) is 2. The van der Waals surface area contributed by atoms with E-state index in [-0.39, 0.29) is 0 Å². The SMILES string of the molecule is CC(C)(N)C(O)c1ccc2ccccc2n1. The molecule has 0 amide bonds. The van der Waals surface area contributed by atoms with Gasteiger partial charge in [0.2, 0.25) is 0 Å². The summed E-state index contributed by atoms with van der Waals surface area (Å²) >= 11 is 0. The molecule has 0 aliphatic carbocycles. The van der Waals surface area contributed by atoms with Crippen LogP contribution < -0.4 is 5.73 Å². The topological polar surface area (TPSA) is 59.1 Å². The Labute approximate surface area is 94.9 Å². The lowest BCUT2D eigenvalue weighted by atomic mass is 9.95. The van der Waals surface area contributed by atoms with Crippen molar-refractivity contribution in [2.75, 3.05) is 0 Å². The van der Waals surface area contributed by atoms with E-state index in [9.17, 15) is 5.11 Å². The van der Waals surface area contributed by atoms with Crippen LogP contribution in [0.15, 0.2) is 36.4 Å². The first-order valence-corrected chi connectivity index (χ1v) is 5.31. The number of hydrogen-bond acceptors (Lipinski definition) is 3. The molecule has 1 atom stereocenters.